The molecule has 144 valence electrons. The number of benzene rings is 3. The average Bonchev–Trinajstić information content (AvgIpc) is 3.14. The molecule has 0 aliphatic carbocycles. The zero-order valence-electron chi connectivity index (χ0n) is 15.4. The van der Waals surface area contributed by atoms with E-state index in [1.807, 2.05) is 61.5 Å². The lowest BCUT2D eigenvalue weighted by Gasteiger charge is -2.06. The Morgan fingerprint density at radius 1 is 1.03 bits per heavy atom. The van der Waals surface area contributed by atoms with Gasteiger partial charge in [-0.05, 0) is 55.5 Å². The summed E-state index contributed by atoms with van der Waals surface area (Å²) in [6.45, 7) is 2.01. The molecule has 0 aliphatic heterocycles. The van der Waals surface area contributed by atoms with Crippen LogP contribution >= 0.6 is 27.5 Å². The number of nitrogens with one attached hydrogen (secondary N) is 1. The Morgan fingerprint density at radius 3 is 2.52 bits per heavy atom. The summed E-state index contributed by atoms with van der Waals surface area (Å²) in [5.74, 6) is 0.275. The third kappa shape index (κ3) is 4.39. The number of anilines is 1. The van der Waals surface area contributed by atoms with E-state index in [9.17, 15) is 4.79 Å². The topological polar surface area (TPSA) is 59.8 Å². The fraction of sp³-hybridized carbons (Fsp3) is 0.0455. The summed E-state index contributed by atoms with van der Waals surface area (Å²) in [6, 6.07) is 22.5. The molecule has 0 aliphatic rings. The van der Waals surface area contributed by atoms with Crippen molar-refractivity contribution in [2.24, 2.45) is 0 Å². The van der Waals surface area contributed by atoms with E-state index in [0.717, 1.165) is 21.3 Å². The number of aromatic nitrogens is 3. The van der Waals surface area contributed by atoms with Crippen molar-refractivity contribution in [2.75, 3.05) is 5.32 Å². The molecule has 0 atom stereocenters. The molecule has 0 fully saturated rings. The summed E-state index contributed by atoms with van der Waals surface area (Å²) >= 11 is 9.42. The highest BCUT2D eigenvalue weighted by molar-refractivity contribution is 9.10. The molecule has 4 aromatic rings. The monoisotopic (exact) mass is 466 g/mol. The number of hydrogen-bond acceptors (Lipinski definition) is 3. The van der Waals surface area contributed by atoms with Gasteiger partial charge in [0.05, 0.1) is 5.69 Å². The molecule has 7 heteroatoms. The standard InChI is InChI=1S/C22H16BrClN4O/c1-14-4-2-5-15(12-14)21-26-20(22(29)25-18-7-3-6-16(23)13-18)27-28(21)19-10-8-17(24)9-11-19/h2-13H,1H3,(H,25,29). The number of rotatable bonds is 4. The minimum Gasteiger partial charge on any atom is -0.319 e. The maximum absolute atomic E-state index is 12.8. The summed E-state index contributed by atoms with van der Waals surface area (Å²) in [7, 11) is 0. The molecule has 5 nitrogen and oxygen atoms in total. The third-order valence-corrected chi connectivity index (χ3v) is 4.99. The number of aryl methyl sites for hydroxylation is 1. The van der Waals surface area contributed by atoms with Gasteiger partial charge in [0.25, 0.3) is 5.91 Å². The molecule has 0 radical (unpaired) electrons. The van der Waals surface area contributed by atoms with E-state index in [4.69, 9.17) is 11.6 Å². The predicted octanol–water partition coefficient (Wildman–Crippen LogP) is 5.91. The second-order valence-electron chi connectivity index (χ2n) is 6.48. The van der Waals surface area contributed by atoms with Crippen LogP contribution in [0, 0.1) is 6.92 Å². The molecule has 1 N–H and O–H groups in total. The van der Waals surface area contributed by atoms with Crippen LogP contribution in [0.2, 0.25) is 5.02 Å². The van der Waals surface area contributed by atoms with Crippen LogP contribution in [0.25, 0.3) is 17.1 Å². The van der Waals surface area contributed by atoms with E-state index in [1.165, 1.54) is 0 Å². The first-order valence-corrected chi connectivity index (χ1v) is 10.0. The van der Waals surface area contributed by atoms with E-state index in [2.05, 4.69) is 31.3 Å². The van der Waals surface area contributed by atoms with Crippen LogP contribution in [0.4, 0.5) is 5.69 Å². The molecule has 0 bridgehead atoms. The number of nitrogens with zero attached hydrogens (tertiary/aromatic N) is 3. The van der Waals surface area contributed by atoms with Crippen molar-refractivity contribution in [3.8, 4) is 17.1 Å². The van der Waals surface area contributed by atoms with Crippen molar-refractivity contribution in [1.82, 2.24) is 14.8 Å². The summed E-state index contributed by atoms with van der Waals surface area (Å²) in [4.78, 5) is 17.3. The van der Waals surface area contributed by atoms with E-state index in [-0.39, 0.29) is 11.7 Å². The highest BCUT2D eigenvalue weighted by Crippen LogP contribution is 2.24. The van der Waals surface area contributed by atoms with Gasteiger partial charge in [-0.1, -0.05) is 57.4 Å². The molecule has 0 saturated carbocycles. The summed E-state index contributed by atoms with van der Waals surface area (Å²) in [6.07, 6.45) is 0. The maximum Gasteiger partial charge on any atom is 0.295 e. The van der Waals surface area contributed by atoms with E-state index in [1.54, 1.807) is 22.9 Å². The van der Waals surface area contributed by atoms with Gasteiger partial charge in [0.2, 0.25) is 5.82 Å². The van der Waals surface area contributed by atoms with Gasteiger partial charge in [-0.2, -0.15) is 0 Å². The molecular formula is C22H16BrClN4O. The predicted molar refractivity (Wildman–Crippen MR) is 119 cm³/mol. The lowest BCUT2D eigenvalue weighted by atomic mass is 10.1. The van der Waals surface area contributed by atoms with Gasteiger partial charge in [0.1, 0.15) is 0 Å². The van der Waals surface area contributed by atoms with Crippen molar-refractivity contribution in [1.29, 1.82) is 0 Å². The summed E-state index contributed by atoms with van der Waals surface area (Å²) < 4.78 is 2.52. The lowest BCUT2D eigenvalue weighted by Crippen LogP contribution is -2.14. The van der Waals surface area contributed by atoms with Crippen molar-refractivity contribution in [3.05, 3.63) is 93.7 Å². The molecule has 0 spiro atoms. The molecule has 0 saturated heterocycles. The van der Waals surface area contributed by atoms with Crippen molar-refractivity contribution in [3.63, 3.8) is 0 Å². The third-order valence-electron chi connectivity index (χ3n) is 4.24. The van der Waals surface area contributed by atoms with Gasteiger partial charge >= 0.3 is 0 Å². The summed E-state index contributed by atoms with van der Waals surface area (Å²) in [5.41, 5.74) is 3.38. The Balaban J connectivity index is 1.76. The van der Waals surface area contributed by atoms with Gasteiger partial charge in [-0.15, -0.1) is 5.10 Å². The SMILES string of the molecule is Cc1cccc(-c2nc(C(=O)Nc3cccc(Br)c3)nn2-c2ccc(Cl)cc2)c1. The largest absolute Gasteiger partial charge is 0.319 e. The molecule has 1 heterocycles. The fourth-order valence-corrected chi connectivity index (χ4v) is 3.42. The van der Waals surface area contributed by atoms with Crippen LogP contribution in [0.1, 0.15) is 16.2 Å². The van der Waals surface area contributed by atoms with E-state index in [0.29, 0.717) is 16.5 Å². The number of carbonyl (C=O) groups is 1. The summed E-state index contributed by atoms with van der Waals surface area (Å²) in [5, 5.41) is 7.93. The van der Waals surface area contributed by atoms with Crippen LogP contribution in [-0.4, -0.2) is 20.7 Å². The number of hydrogen-bond donors (Lipinski definition) is 1. The first kappa shape index (κ1) is 19.4. The Hall–Kier alpha value is -2.96. The van der Waals surface area contributed by atoms with Crippen LogP contribution in [0.3, 0.4) is 0 Å². The van der Waals surface area contributed by atoms with Crippen molar-refractivity contribution < 1.29 is 4.79 Å². The van der Waals surface area contributed by atoms with Crippen molar-refractivity contribution >= 4 is 39.1 Å². The molecular weight excluding hydrogens is 452 g/mol. The average molecular weight is 468 g/mol. The van der Waals surface area contributed by atoms with Crippen LogP contribution in [0.5, 0.6) is 0 Å². The molecule has 0 unspecified atom stereocenters. The van der Waals surface area contributed by atoms with Crippen LogP contribution in [-0.2, 0) is 0 Å². The highest BCUT2D eigenvalue weighted by Gasteiger charge is 2.19. The van der Waals surface area contributed by atoms with Crippen molar-refractivity contribution in [2.45, 2.75) is 6.92 Å². The smallest absolute Gasteiger partial charge is 0.295 e. The molecule has 3 aromatic carbocycles. The zero-order chi connectivity index (χ0) is 20.4. The van der Waals surface area contributed by atoms with E-state index < -0.39 is 0 Å². The first-order valence-electron chi connectivity index (χ1n) is 8.86. The number of amides is 1. The minimum atomic E-state index is -0.385. The fourth-order valence-electron chi connectivity index (χ4n) is 2.89. The van der Waals surface area contributed by atoms with E-state index >= 15 is 0 Å². The van der Waals surface area contributed by atoms with Gasteiger partial charge < -0.3 is 5.32 Å². The quantitative estimate of drug-likeness (QED) is 0.406. The Labute approximate surface area is 181 Å². The first-order chi connectivity index (χ1) is 14.0. The molecule has 1 aromatic heterocycles. The lowest BCUT2D eigenvalue weighted by molar-refractivity contribution is 0.101. The Morgan fingerprint density at radius 2 is 1.79 bits per heavy atom. The van der Waals surface area contributed by atoms with Gasteiger partial charge in [-0.25, -0.2) is 9.67 Å². The Kier molecular flexibility index (Phi) is 5.47. The molecule has 1 amide bonds. The van der Waals surface area contributed by atoms with Gasteiger partial charge in [-0.3, -0.25) is 4.79 Å². The van der Waals surface area contributed by atoms with Gasteiger partial charge in [0.15, 0.2) is 5.82 Å². The second kappa shape index (κ2) is 8.19. The minimum absolute atomic E-state index is 0.0800. The maximum atomic E-state index is 12.8. The normalized spacial score (nSPS) is 10.7. The zero-order valence-corrected chi connectivity index (χ0v) is 17.8. The second-order valence-corrected chi connectivity index (χ2v) is 7.83. The highest BCUT2D eigenvalue weighted by atomic mass is 79.9. The Bertz CT molecular complexity index is 1190. The molecule has 4 rings (SSSR count). The van der Waals surface area contributed by atoms with Crippen LogP contribution in [0.15, 0.2) is 77.3 Å². The molecule has 29 heavy (non-hydrogen) atoms. The number of carbonyl (C=O) groups excluding carboxylic acids is 1. The number of halogens is 2. The van der Waals surface area contributed by atoms with Crippen LogP contribution < -0.4 is 5.32 Å². The van der Waals surface area contributed by atoms with Gasteiger partial charge in [0, 0.05) is 20.7 Å².